The molecule has 3 N–H and O–H groups in total. The smallest absolute Gasteiger partial charge is 0.351 e. The van der Waals surface area contributed by atoms with Crippen molar-refractivity contribution in [1.82, 2.24) is 9.55 Å². The summed E-state index contributed by atoms with van der Waals surface area (Å²) in [6.45, 7) is 3.56. The molecule has 1 saturated heterocycles. The van der Waals surface area contributed by atoms with Crippen molar-refractivity contribution in [2.75, 3.05) is 11.9 Å². The van der Waals surface area contributed by atoms with E-state index in [2.05, 4.69) is 10.3 Å². The van der Waals surface area contributed by atoms with Crippen LogP contribution in [0.25, 0.3) is 0 Å². The molecule has 0 aliphatic carbocycles. The Morgan fingerprint density at radius 1 is 1.33 bits per heavy atom. The molecule has 0 amide bonds. The summed E-state index contributed by atoms with van der Waals surface area (Å²) in [5.41, 5.74) is 2.31. The van der Waals surface area contributed by atoms with Crippen LogP contribution in [-0.4, -0.2) is 38.6 Å². The molecule has 2 heterocycles. The van der Waals surface area contributed by atoms with Gasteiger partial charge in [0.2, 0.25) is 0 Å². The molecule has 3 rings (SSSR count). The Kier molecular flexibility index (Phi) is 4.66. The summed E-state index contributed by atoms with van der Waals surface area (Å²) in [4.78, 5) is 16.4. The third-order valence-corrected chi connectivity index (χ3v) is 4.14. The van der Waals surface area contributed by atoms with Gasteiger partial charge in [-0.1, -0.05) is 17.7 Å². The predicted octanol–water partition coefficient (Wildman–Crippen LogP) is 1.24. The van der Waals surface area contributed by atoms with Gasteiger partial charge < -0.3 is 20.3 Å². The molecule has 1 aliphatic heterocycles. The van der Waals surface area contributed by atoms with Gasteiger partial charge >= 0.3 is 5.69 Å². The zero-order chi connectivity index (χ0) is 17.3. The van der Waals surface area contributed by atoms with Crippen molar-refractivity contribution in [1.29, 1.82) is 0 Å². The summed E-state index contributed by atoms with van der Waals surface area (Å²) in [6, 6.07) is 7.79. The Labute approximate surface area is 139 Å². The second kappa shape index (κ2) is 6.72. The Morgan fingerprint density at radius 3 is 2.67 bits per heavy atom. The molecule has 0 spiro atoms. The van der Waals surface area contributed by atoms with Gasteiger partial charge in [0, 0.05) is 23.9 Å². The van der Waals surface area contributed by atoms with E-state index in [1.54, 1.807) is 6.20 Å². The molecule has 7 nitrogen and oxygen atoms in total. The average Bonchev–Trinajstić information content (AvgIpc) is 2.93. The molecule has 24 heavy (non-hydrogen) atoms. The number of hydrogen-bond acceptors (Lipinski definition) is 6. The van der Waals surface area contributed by atoms with Crippen molar-refractivity contribution in [3.8, 4) is 0 Å². The van der Waals surface area contributed by atoms with E-state index in [1.165, 1.54) is 4.57 Å². The maximum absolute atomic E-state index is 12.3. The lowest BCUT2D eigenvalue weighted by molar-refractivity contribution is -0.0459. The van der Waals surface area contributed by atoms with Crippen molar-refractivity contribution in [2.24, 2.45) is 0 Å². The summed E-state index contributed by atoms with van der Waals surface area (Å²) >= 11 is 0. The van der Waals surface area contributed by atoms with E-state index in [-0.39, 0.29) is 13.0 Å². The molecule has 0 bridgehead atoms. The van der Waals surface area contributed by atoms with Crippen molar-refractivity contribution < 1.29 is 14.9 Å². The third-order valence-electron chi connectivity index (χ3n) is 4.14. The first-order valence-corrected chi connectivity index (χ1v) is 7.86. The Morgan fingerprint density at radius 2 is 2.04 bits per heavy atom. The Bertz CT molecular complexity index is 772. The number of aliphatic hydroxyl groups excluding tert-OH is 2. The van der Waals surface area contributed by atoms with Crippen LogP contribution in [0.15, 0.2) is 35.3 Å². The number of anilines is 2. The van der Waals surface area contributed by atoms with Gasteiger partial charge in [0.15, 0.2) is 0 Å². The molecular weight excluding hydrogens is 310 g/mol. The largest absolute Gasteiger partial charge is 0.394 e. The fourth-order valence-electron chi connectivity index (χ4n) is 2.72. The second-order valence-electron chi connectivity index (χ2n) is 6.07. The number of ether oxygens (including phenoxy) is 1. The average molecular weight is 331 g/mol. The number of aliphatic hydroxyl groups is 2. The lowest BCUT2D eigenvalue weighted by atomic mass is 10.2. The fraction of sp³-hybridized carbons (Fsp3) is 0.412. The molecule has 0 radical (unpaired) electrons. The number of hydrogen-bond donors (Lipinski definition) is 3. The topological polar surface area (TPSA) is 96.6 Å². The Hall–Kier alpha value is -2.22. The highest BCUT2D eigenvalue weighted by molar-refractivity contribution is 5.58. The van der Waals surface area contributed by atoms with Crippen LogP contribution in [0.4, 0.5) is 11.5 Å². The normalized spacial score (nSPS) is 23.4. The number of aromatic nitrogens is 2. The highest BCUT2D eigenvalue weighted by Crippen LogP contribution is 2.28. The molecule has 7 heteroatoms. The molecule has 0 saturated carbocycles. The van der Waals surface area contributed by atoms with Crippen LogP contribution in [0.3, 0.4) is 0 Å². The van der Waals surface area contributed by atoms with Gasteiger partial charge in [-0.3, -0.25) is 4.57 Å². The minimum absolute atomic E-state index is 0.247. The van der Waals surface area contributed by atoms with Gasteiger partial charge in [0.25, 0.3) is 0 Å². The minimum atomic E-state index is -0.794. The van der Waals surface area contributed by atoms with E-state index in [0.717, 1.165) is 16.8 Å². The number of nitrogens with zero attached hydrogens (tertiary/aromatic N) is 2. The number of aryl methyl sites for hydroxylation is 2. The molecule has 1 aromatic heterocycles. The second-order valence-corrected chi connectivity index (χ2v) is 6.07. The van der Waals surface area contributed by atoms with Gasteiger partial charge in [-0.25, -0.2) is 4.79 Å². The van der Waals surface area contributed by atoms with Crippen molar-refractivity contribution in [3.05, 3.63) is 52.1 Å². The van der Waals surface area contributed by atoms with Crippen molar-refractivity contribution in [2.45, 2.75) is 38.7 Å². The van der Waals surface area contributed by atoms with Crippen LogP contribution in [0, 0.1) is 13.8 Å². The highest BCUT2D eigenvalue weighted by atomic mass is 16.5. The van der Waals surface area contributed by atoms with Gasteiger partial charge in [0.05, 0.1) is 12.7 Å². The van der Waals surface area contributed by atoms with E-state index in [9.17, 15) is 9.90 Å². The molecule has 1 aromatic carbocycles. The fourth-order valence-corrected chi connectivity index (χ4v) is 2.72. The SMILES string of the molecule is Cc1ccc(Nc2nc(=O)n([C@H]3C[C@H](O)[C@@H](CO)O3)cc2C)cc1. The van der Waals surface area contributed by atoms with Gasteiger partial charge in [-0.05, 0) is 26.0 Å². The van der Waals surface area contributed by atoms with Gasteiger partial charge in [-0.2, -0.15) is 4.98 Å². The zero-order valence-corrected chi connectivity index (χ0v) is 13.6. The van der Waals surface area contributed by atoms with E-state index < -0.39 is 24.1 Å². The monoisotopic (exact) mass is 331 g/mol. The first kappa shape index (κ1) is 16.6. The van der Waals surface area contributed by atoms with Crippen LogP contribution >= 0.6 is 0 Å². The summed E-state index contributed by atoms with van der Waals surface area (Å²) in [6.07, 6.45) is -0.186. The maximum Gasteiger partial charge on any atom is 0.351 e. The molecule has 3 atom stereocenters. The minimum Gasteiger partial charge on any atom is -0.394 e. The molecule has 0 unspecified atom stereocenters. The van der Waals surface area contributed by atoms with E-state index >= 15 is 0 Å². The molecule has 1 aliphatic rings. The van der Waals surface area contributed by atoms with Gasteiger partial charge in [-0.15, -0.1) is 0 Å². The summed E-state index contributed by atoms with van der Waals surface area (Å²) in [7, 11) is 0. The summed E-state index contributed by atoms with van der Waals surface area (Å²) < 4.78 is 6.87. The van der Waals surface area contributed by atoms with Crippen LogP contribution in [-0.2, 0) is 4.74 Å². The Balaban J connectivity index is 1.84. The van der Waals surface area contributed by atoms with Crippen LogP contribution in [0.2, 0.25) is 0 Å². The van der Waals surface area contributed by atoms with E-state index in [0.29, 0.717) is 5.82 Å². The zero-order valence-electron chi connectivity index (χ0n) is 13.6. The van der Waals surface area contributed by atoms with Gasteiger partial charge in [0.1, 0.15) is 18.1 Å². The number of nitrogens with one attached hydrogen (secondary N) is 1. The quantitative estimate of drug-likeness (QED) is 0.780. The number of benzene rings is 1. The lowest BCUT2D eigenvalue weighted by Crippen LogP contribution is -2.28. The number of rotatable bonds is 4. The molecular formula is C17H21N3O4. The van der Waals surface area contributed by atoms with Crippen molar-refractivity contribution in [3.63, 3.8) is 0 Å². The third kappa shape index (κ3) is 3.33. The summed E-state index contributed by atoms with van der Waals surface area (Å²) in [5, 5.41) is 22.1. The predicted molar refractivity (Wildman–Crippen MR) is 89.3 cm³/mol. The standard InChI is InChI=1S/C17H21N3O4/c1-10-3-5-12(6-4-10)18-16-11(2)8-20(17(23)19-16)15-7-13(22)14(9-21)24-15/h3-6,8,13-15,21-22H,7,9H2,1-2H3,(H,18,19,23)/t13-,14+,15+/m0/s1. The maximum atomic E-state index is 12.3. The first-order valence-electron chi connectivity index (χ1n) is 7.86. The van der Waals surface area contributed by atoms with E-state index in [4.69, 9.17) is 9.84 Å². The molecule has 128 valence electrons. The van der Waals surface area contributed by atoms with Crippen LogP contribution in [0.1, 0.15) is 23.8 Å². The first-order chi connectivity index (χ1) is 11.5. The lowest BCUT2D eigenvalue weighted by Gasteiger charge is -2.16. The van der Waals surface area contributed by atoms with E-state index in [1.807, 2.05) is 38.1 Å². The summed E-state index contributed by atoms with van der Waals surface area (Å²) in [5.74, 6) is 0.484. The van der Waals surface area contributed by atoms with Crippen molar-refractivity contribution >= 4 is 11.5 Å². The molecule has 1 fully saturated rings. The molecule has 2 aromatic rings. The van der Waals surface area contributed by atoms with Crippen LogP contribution in [0.5, 0.6) is 0 Å². The highest BCUT2D eigenvalue weighted by Gasteiger charge is 2.35. The van der Waals surface area contributed by atoms with Crippen LogP contribution < -0.4 is 11.0 Å².